The van der Waals surface area contributed by atoms with Gasteiger partial charge in [-0.3, -0.25) is 14.9 Å². The third-order valence-electron chi connectivity index (χ3n) is 2.70. The summed E-state index contributed by atoms with van der Waals surface area (Å²) < 4.78 is 5.00. The lowest BCUT2D eigenvalue weighted by atomic mass is 10.0. The van der Waals surface area contributed by atoms with Gasteiger partial charge in [0.25, 0.3) is 5.69 Å². The highest BCUT2D eigenvalue weighted by Gasteiger charge is 2.20. The fourth-order valence-corrected chi connectivity index (χ4v) is 1.72. The Morgan fingerprint density at radius 1 is 1.11 bits per heavy atom. The van der Waals surface area contributed by atoms with Gasteiger partial charge in [-0.1, -0.05) is 12.1 Å². The average Bonchev–Trinajstić information content (AvgIpc) is 2.46. The maximum Gasteiger partial charge on any atom is 0.280 e. The van der Waals surface area contributed by atoms with E-state index in [1.807, 2.05) is 0 Å². The topological polar surface area (TPSA) is 69.4 Å². The number of methoxy groups -OCH3 is 1. The third kappa shape index (κ3) is 2.60. The molecule has 0 N–H and O–H groups in total. The molecule has 2 aromatic rings. The predicted octanol–water partition coefficient (Wildman–Crippen LogP) is 2.83. The summed E-state index contributed by atoms with van der Waals surface area (Å²) >= 11 is 0. The number of nitrogens with zero attached hydrogens (tertiary/aromatic N) is 1. The van der Waals surface area contributed by atoms with Crippen molar-refractivity contribution >= 4 is 11.5 Å². The molecule has 0 bridgehead atoms. The van der Waals surface area contributed by atoms with Gasteiger partial charge in [0.15, 0.2) is 5.78 Å². The van der Waals surface area contributed by atoms with Crippen LogP contribution in [0.2, 0.25) is 0 Å². The normalized spacial score (nSPS) is 9.95. The highest BCUT2D eigenvalue weighted by Crippen LogP contribution is 2.22. The second-order valence-electron chi connectivity index (χ2n) is 3.83. The minimum Gasteiger partial charge on any atom is -0.497 e. The van der Waals surface area contributed by atoms with E-state index < -0.39 is 4.92 Å². The lowest BCUT2D eigenvalue weighted by molar-refractivity contribution is -0.385. The second kappa shape index (κ2) is 5.30. The maximum absolute atomic E-state index is 12.2. The maximum atomic E-state index is 12.2. The lowest BCUT2D eigenvalue weighted by Crippen LogP contribution is -2.05. The molecule has 0 aliphatic carbocycles. The predicted molar refractivity (Wildman–Crippen MR) is 69.5 cm³/mol. The van der Waals surface area contributed by atoms with E-state index >= 15 is 0 Å². The van der Waals surface area contributed by atoms with Crippen LogP contribution in [-0.4, -0.2) is 17.8 Å². The van der Waals surface area contributed by atoms with Gasteiger partial charge >= 0.3 is 0 Å². The first-order valence-electron chi connectivity index (χ1n) is 5.55. The fraction of sp³-hybridized carbons (Fsp3) is 0.0714. The second-order valence-corrected chi connectivity index (χ2v) is 3.83. The van der Waals surface area contributed by atoms with E-state index in [1.54, 1.807) is 30.3 Å². The quantitative estimate of drug-likeness (QED) is 0.479. The van der Waals surface area contributed by atoms with Crippen LogP contribution in [-0.2, 0) is 0 Å². The van der Waals surface area contributed by atoms with Crippen molar-refractivity contribution in [1.82, 2.24) is 0 Å². The summed E-state index contributed by atoms with van der Waals surface area (Å²) in [6, 6.07) is 12.3. The number of benzene rings is 2. The summed E-state index contributed by atoms with van der Waals surface area (Å²) in [4.78, 5) is 22.6. The molecule has 0 radical (unpaired) electrons. The van der Waals surface area contributed by atoms with E-state index in [1.165, 1.54) is 25.3 Å². The van der Waals surface area contributed by atoms with Crippen LogP contribution in [0.15, 0.2) is 48.5 Å². The van der Waals surface area contributed by atoms with E-state index in [0.29, 0.717) is 11.3 Å². The first kappa shape index (κ1) is 12.8. The molecule has 0 heterocycles. The van der Waals surface area contributed by atoms with E-state index in [-0.39, 0.29) is 17.0 Å². The number of nitro benzene ring substituents is 1. The molecule has 0 spiro atoms. The largest absolute Gasteiger partial charge is 0.497 e. The van der Waals surface area contributed by atoms with Crippen LogP contribution < -0.4 is 4.74 Å². The van der Waals surface area contributed by atoms with Crippen LogP contribution in [0.25, 0.3) is 0 Å². The van der Waals surface area contributed by atoms with E-state index in [9.17, 15) is 14.9 Å². The molecule has 19 heavy (non-hydrogen) atoms. The number of carbonyl (C=O) groups excluding carboxylic acids is 1. The van der Waals surface area contributed by atoms with Crippen molar-refractivity contribution in [3.63, 3.8) is 0 Å². The Labute approximate surface area is 109 Å². The molecule has 0 aromatic heterocycles. The van der Waals surface area contributed by atoms with Crippen molar-refractivity contribution in [2.24, 2.45) is 0 Å². The number of para-hydroxylation sites is 1. The molecule has 0 amide bonds. The fourth-order valence-electron chi connectivity index (χ4n) is 1.72. The number of hydrogen-bond acceptors (Lipinski definition) is 4. The van der Waals surface area contributed by atoms with E-state index in [0.717, 1.165) is 0 Å². The van der Waals surface area contributed by atoms with Crippen molar-refractivity contribution in [3.05, 3.63) is 69.8 Å². The van der Waals surface area contributed by atoms with Crippen molar-refractivity contribution in [2.45, 2.75) is 0 Å². The van der Waals surface area contributed by atoms with Crippen molar-refractivity contribution in [3.8, 4) is 5.75 Å². The molecule has 96 valence electrons. The molecule has 0 aliphatic heterocycles. The van der Waals surface area contributed by atoms with Gasteiger partial charge in [-0.15, -0.1) is 0 Å². The molecule has 5 nitrogen and oxygen atoms in total. The number of ketones is 1. The zero-order chi connectivity index (χ0) is 13.8. The van der Waals surface area contributed by atoms with Gasteiger partial charge in [0.05, 0.1) is 12.0 Å². The smallest absolute Gasteiger partial charge is 0.280 e. The van der Waals surface area contributed by atoms with Gasteiger partial charge in [-0.2, -0.15) is 0 Å². The van der Waals surface area contributed by atoms with Crippen LogP contribution in [0.3, 0.4) is 0 Å². The molecular formula is C14H11NO4. The van der Waals surface area contributed by atoms with Crippen molar-refractivity contribution in [2.75, 3.05) is 7.11 Å². The van der Waals surface area contributed by atoms with E-state index in [4.69, 9.17) is 4.74 Å². The van der Waals surface area contributed by atoms with Crippen LogP contribution in [0.5, 0.6) is 5.75 Å². The van der Waals surface area contributed by atoms with Crippen LogP contribution in [0, 0.1) is 10.1 Å². The lowest BCUT2D eigenvalue weighted by Gasteiger charge is -2.04. The van der Waals surface area contributed by atoms with Gasteiger partial charge in [0.2, 0.25) is 0 Å². The van der Waals surface area contributed by atoms with Gasteiger partial charge in [0, 0.05) is 11.6 Å². The van der Waals surface area contributed by atoms with Gasteiger partial charge in [-0.05, 0) is 30.3 Å². The molecule has 0 fully saturated rings. The molecule has 2 aromatic carbocycles. The molecular weight excluding hydrogens is 246 g/mol. The highest BCUT2D eigenvalue weighted by molar-refractivity contribution is 6.11. The SMILES string of the molecule is COc1ccc(C(=O)c2ccccc2[N+](=O)[O-])cc1. The summed E-state index contributed by atoms with van der Waals surface area (Å²) in [6.45, 7) is 0. The minimum atomic E-state index is -0.559. The number of rotatable bonds is 4. The number of hydrogen-bond donors (Lipinski definition) is 0. The summed E-state index contributed by atoms with van der Waals surface area (Å²) in [5.41, 5.74) is 0.274. The summed E-state index contributed by atoms with van der Waals surface area (Å²) in [6.07, 6.45) is 0. The van der Waals surface area contributed by atoms with Crippen molar-refractivity contribution in [1.29, 1.82) is 0 Å². The van der Waals surface area contributed by atoms with Gasteiger partial charge in [-0.25, -0.2) is 0 Å². The monoisotopic (exact) mass is 257 g/mol. The standard InChI is InChI=1S/C14H11NO4/c1-19-11-8-6-10(7-9-11)14(16)12-4-2-3-5-13(12)15(17)18/h2-9H,1H3. The zero-order valence-electron chi connectivity index (χ0n) is 10.2. The van der Waals surface area contributed by atoms with Crippen molar-refractivity contribution < 1.29 is 14.5 Å². The van der Waals surface area contributed by atoms with E-state index in [2.05, 4.69) is 0 Å². The van der Waals surface area contributed by atoms with Crippen LogP contribution >= 0.6 is 0 Å². The van der Waals surface area contributed by atoms with Crippen LogP contribution in [0.1, 0.15) is 15.9 Å². The Morgan fingerprint density at radius 3 is 2.32 bits per heavy atom. The first-order chi connectivity index (χ1) is 9.13. The zero-order valence-corrected chi connectivity index (χ0v) is 10.2. The average molecular weight is 257 g/mol. The Morgan fingerprint density at radius 2 is 1.74 bits per heavy atom. The number of carbonyl (C=O) groups is 1. The third-order valence-corrected chi connectivity index (χ3v) is 2.70. The Kier molecular flexibility index (Phi) is 3.56. The van der Waals surface area contributed by atoms with Gasteiger partial charge in [0.1, 0.15) is 11.3 Å². The molecule has 0 saturated heterocycles. The minimum absolute atomic E-state index is 0.0812. The molecule has 5 heteroatoms. The molecule has 2 rings (SSSR count). The molecule has 0 aliphatic rings. The van der Waals surface area contributed by atoms with Gasteiger partial charge < -0.3 is 4.74 Å². The molecule has 0 atom stereocenters. The Bertz CT molecular complexity index is 620. The van der Waals surface area contributed by atoms with Crippen LogP contribution in [0.4, 0.5) is 5.69 Å². The molecule has 0 unspecified atom stereocenters. The summed E-state index contributed by atoms with van der Waals surface area (Å²) in [5.74, 6) is 0.245. The number of ether oxygens (including phenoxy) is 1. The highest BCUT2D eigenvalue weighted by atomic mass is 16.6. The first-order valence-corrected chi connectivity index (χ1v) is 5.55. The summed E-state index contributed by atoms with van der Waals surface area (Å²) in [5, 5.41) is 10.9. The summed E-state index contributed by atoms with van der Waals surface area (Å²) in [7, 11) is 1.53. The molecule has 0 saturated carbocycles. The number of nitro groups is 1. The Hall–Kier alpha value is -2.69. The Balaban J connectivity index is 2.41.